The molecule has 8 nitrogen and oxygen atoms in total. The van der Waals surface area contributed by atoms with E-state index in [1.165, 1.54) is 23.6 Å². The molecule has 2 heterocycles. The molecule has 4 atom stereocenters. The molecule has 1 aromatic heterocycles. The summed E-state index contributed by atoms with van der Waals surface area (Å²) in [4.78, 5) is 45.3. The molecule has 10 heteroatoms. The van der Waals surface area contributed by atoms with E-state index in [9.17, 15) is 19.5 Å². The number of thioether (sulfide) groups is 1. The van der Waals surface area contributed by atoms with Gasteiger partial charge in [-0.1, -0.05) is 24.3 Å². The summed E-state index contributed by atoms with van der Waals surface area (Å²) in [6.45, 7) is 9.02. The fraction of sp³-hybridized carbons (Fsp3) is 0.520. The molecule has 3 amide bonds. The van der Waals surface area contributed by atoms with Crippen LogP contribution < -0.4 is 10.6 Å². The van der Waals surface area contributed by atoms with Gasteiger partial charge >= 0.3 is 0 Å². The van der Waals surface area contributed by atoms with Crippen LogP contribution in [0.1, 0.15) is 51.4 Å². The van der Waals surface area contributed by atoms with E-state index in [-0.39, 0.29) is 36.7 Å². The Morgan fingerprint density at radius 2 is 1.89 bits per heavy atom. The summed E-state index contributed by atoms with van der Waals surface area (Å²) < 4.78 is -0.594. The Balaban J connectivity index is 1.74. The second kappa shape index (κ2) is 11.1. The van der Waals surface area contributed by atoms with Gasteiger partial charge in [0.1, 0.15) is 12.1 Å². The predicted molar refractivity (Wildman–Crippen MR) is 140 cm³/mol. The lowest BCUT2D eigenvalue weighted by Crippen LogP contribution is -2.59. The molecule has 190 valence electrons. The van der Waals surface area contributed by atoms with E-state index in [0.29, 0.717) is 0 Å². The van der Waals surface area contributed by atoms with Crippen LogP contribution in [-0.2, 0) is 14.4 Å². The SMILES string of the molecule is CSC(C)(C)[C@H](NC(C)=O)C(=O)N1C[C@H](O)CC1C(=O)N[C@@H](C)c1ccc(-c2scnc2C)cc1. The highest BCUT2D eigenvalue weighted by molar-refractivity contribution is 8.00. The van der Waals surface area contributed by atoms with Crippen molar-refractivity contribution in [3.05, 3.63) is 41.0 Å². The molecule has 2 aromatic rings. The number of carbonyl (C=O) groups excluding carboxylic acids is 3. The highest BCUT2D eigenvalue weighted by Gasteiger charge is 2.45. The molecule has 0 saturated carbocycles. The first kappa shape index (κ1) is 27.2. The third-order valence-electron chi connectivity index (χ3n) is 6.46. The fourth-order valence-electron chi connectivity index (χ4n) is 4.22. The zero-order chi connectivity index (χ0) is 25.9. The summed E-state index contributed by atoms with van der Waals surface area (Å²) in [5.74, 6) is -1.02. The summed E-state index contributed by atoms with van der Waals surface area (Å²) in [7, 11) is 0. The van der Waals surface area contributed by atoms with Gasteiger partial charge in [-0.05, 0) is 45.1 Å². The number of aryl methyl sites for hydroxylation is 1. The number of carbonyl (C=O) groups is 3. The average Bonchev–Trinajstić information content (AvgIpc) is 3.42. The van der Waals surface area contributed by atoms with E-state index in [1.54, 1.807) is 11.3 Å². The quantitative estimate of drug-likeness (QED) is 0.496. The molecular weight excluding hydrogens is 484 g/mol. The standard InChI is InChI=1S/C25H34N4O4S2/c1-14(17-7-9-18(10-8-17)21-15(2)26-13-35-21)27-23(32)20-11-19(31)12-29(20)24(33)22(28-16(3)30)25(4,5)34-6/h7-10,13-14,19-20,22,31H,11-12H2,1-6H3,(H,27,32)(H,28,30)/t14-,19+,20?,22+/m0/s1. The molecule has 0 radical (unpaired) electrons. The molecule has 3 N–H and O–H groups in total. The second-order valence-electron chi connectivity index (χ2n) is 9.46. The van der Waals surface area contributed by atoms with Crippen LogP contribution in [0.4, 0.5) is 0 Å². The number of nitrogens with zero attached hydrogens (tertiary/aromatic N) is 2. The summed E-state index contributed by atoms with van der Waals surface area (Å²) in [5.41, 5.74) is 4.81. The largest absolute Gasteiger partial charge is 0.391 e. The Labute approximate surface area is 214 Å². The van der Waals surface area contributed by atoms with Gasteiger partial charge in [0.25, 0.3) is 0 Å². The Hall–Kier alpha value is -2.43. The van der Waals surface area contributed by atoms with E-state index in [1.807, 2.05) is 63.7 Å². The number of thiazole rings is 1. The number of aromatic nitrogens is 1. The predicted octanol–water partition coefficient (Wildman–Crippen LogP) is 2.90. The number of amides is 3. The first-order valence-corrected chi connectivity index (χ1v) is 13.7. The molecule has 1 saturated heterocycles. The summed E-state index contributed by atoms with van der Waals surface area (Å²) >= 11 is 3.04. The van der Waals surface area contributed by atoms with Crippen molar-refractivity contribution in [1.82, 2.24) is 20.5 Å². The van der Waals surface area contributed by atoms with E-state index in [2.05, 4.69) is 15.6 Å². The molecule has 1 aliphatic rings. The third kappa shape index (κ3) is 6.23. The molecule has 0 spiro atoms. The highest BCUT2D eigenvalue weighted by atomic mass is 32.2. The summed E-state index contributed by atoms with van der Waals surface area (Å²) in [6, 6.07) is 6.04. The number of hydrogen-bond donors (Lipinski definition) is 3. The van der Waals surface area contributed by atoms with Crippen LogP contribution in [-0.4, -0.2) is 68.4 Å². The van der Waals surface area contributed by atoms with Crippen LogP contribution >= 0.6 is 23.1 Å². The van der Waals surface area contributed by atoms with E-state index < -0.39 is 22.9 Å². The second-order valence-corrected chi connectivity index (χ2v) is 11.8. The maximum Gasteiger partial charge on any atom is 0.247 e. The molecule has 1 unspecified atom stereocenters. The Bertz CT molecular complexity index is 1070. The van der Waals surface area contributed by atoms with Crippen molar-refractivity contribution in [2.24, 2.45) is 0 Å². The average molecular weight is 519 g/mol. The van der Waals surface area contributed by atoms with Gasteiger partial charge in [-0.15, -0.1) is 11.3 Å². The summed E-state index contributed by atoms with van der Waals surface area (Å²) in [6.07, 6.45) is 1.22. The number of β-amino-alcohol motifs (C(OH)–C–C–N with tert-alkyl or cyclic N) is 1. The number of aliphatic hydroxyl groups excluding tert-OH is 1. The van der Waals surface area contributed by atoms with Gasteiger partial charge in [0.2, 0.25) is 17.7 Å². The van der Waals surface area contributed by atoms with Crippen molar-refractivity contribution in [2.75, 3.05) is 12.8 Å². The minimum atomic E-state index is -0.823. The van der Waals surface area contributed by atoms with Crippen molar-refractivity contribution in [3.63, 3.8) is 0 Å². The molecule has 1 fully saturated rings. The monoisotopic (exact) mass is 518 g/mol. The maximum absolute atomic E-state index is 13.5. The third-order valence-corrected chi connectivity index (χ3v) is 8.72. The molecular formula is C25H34N4O4S2. The number of aliphatic hydroxyl groups is 1. The van der Waals surface area contributed by atoms with Gasteiger partial charge in [-0.3, -0.25) is 14.4 Å². The van der Waals surface area contributed by atoms with Gasteiger partial charge in [0.15, 0.2) is 0 Å². The number of hydrogen-bond acceptors (Lipinski definition) is 7. The van der Waals surface area contributed by atoms with Crippen LogP contribution in [0.25, 0.3) is 10.4 Å². The number of likely N-dealkylation sites (tertiary alicyclic amines) is 1. The van der Waals surface area contributed by atoms with Crippen molar-refractivity contribution in [1.29, 1.82) is 0 Å². The van der Waals surface area contributed by atoms with Gasteiger partial charge < -0.3 is 20.6 Å². The van der Waals surface area contributed by atoms with Crippen molar-refractivity contribution in [3.8, 4) is 10.4 Å². The smallest absolute Gasteiger partial charge is 0.247 e. The van der Waals surface area contributed by atoms with Crippen LogP contribution in [0.2, 0.25) is 0 Å². The van der Waals surface area contributed by atoms with Crippen LogP contribution in [0.3, 0.4) is 0 Å². The number of rotatable bonds is 8. The normalized spacial score (nSPS) is 19.8. The zero-order valence-corrected chi connectivity index (χ0v) is 22.6. The van der Waals surface area contributed by atoms with Gasteiger partial charge in [0.05, 0.1) is 28.2 Å². The topological polar surface area (TPSA) is 112 Å². The van der Waals surface area contributed by atoms with E-state index in [0.717, 1.165) is 21.7 Å². The Morgan fingerprint density at radius 3 is 2.43 bits per heavy atom. The minimum absolute atomic E-state index is 0.0503. The fourth-order valence-corrected chi connectivity index (χ4v) is 5.43. The molecule has 1 aliphatic heterocycles. The van der Waals surface area contributed by atoms with Gasteiger partial charge in [-0.2, -0.15) is 11.8 Å². The van der Waals surface area contributed by atoms with Crippen LogP contribution in [0.15, 0.2) is 29.8 Å². The van der Waals surface area contributed by atoms with Gasteiger partial charge in [-0.25, -0.2) is 4.98 Å². The zero-order valence-electron chi connectivity index (χ0n) is 21.0. The van der Waals surface area contributed by atoms with Crippen molar-refractivity contribution < 1.29 is 19.5 Å². The first-order chi connectivity index (χ1) is 16.4. The van der Waals surface area contributed by atoms with Gasteiger partial charge in [0, 0.05) is 24.6 Å². The molecule has 0 bridgehead atoms. The first-order valence-electron chi connectivity index (χ1n) is 11.6. The molecule has 35 heavy (non-hydrogen) atoms. The Morgan fingerprint density at radius 1 is 1.23 bits per heavy atom. The lowest BCUT2D eigenvalue weighted by molar-refractivity contribution is -0.142. The molecule has 0 aliphatic carbocycles. The van der Waals surface area contributed by atoms with Crippen molar-refractivity contribution in [2.45, 2.75) is 70.0 Å². The lowest BCUT2D eigenvalue weighted by Gasteiger charge is -2.36. The number of benzene rings is 1. The van der Waals surface area contributed by atoms with E-state index >= 15 is 0 Å². The van der Waals surface area contributed by atoms with Crippen LogP contribution in [0.5, 0.6) is 0 Å². The minimum Gasteiger partial charge on any atom is -0.391 e. The Kier molecular flexibility index (Phi) is 8.61. The van der Waals surface area contributed by atoms with Crippen molar-refractivity contribution >= 4 is 40.8 Å². The molecule has 3 rings (SSSR count). The summed E-state index contributed by atoms with van der Waals surface area (Å²) in [5, 5.41) is 16.1. The lowest BCUT2D eigenvalue weighted by atomic mass is 10.0. The maximum atomic E-state index is 13.5. The van der Waals surface area contributed by atoms with Crippen LogP contribution in [0, 0.1) is 6.92 Å². The van der Waals surface area contributed by atoms with E-state index in [4.69, 9.17) is 0 Å². The number of nitrogens with one attached hydrogen (secondary N) is 2. The highest BCUT2D eigenvalue weighted by Crippen LogP contribution is 2.31. The molecule has 1 aromatic carbocycles.